The Balaban J connectivity index is 1.44. The topological polar surface area (TPSA) is 70.2 Å². The molecule has 6 nitrogen and oxygen atoms in total. The first-order valence-corrected chi connectivity index (χ1v) is 10.3. The number of benzene rings is 2. The highest BCUT2D eigenvalue weighted by atomic mass is 32.2. The summed E-state index contributed by atoms with van der Waals surface area (Å²) >= 11 is 2.63. The number of thioether (sulfide) groups is 1. The first kappa shape index (κ1) is 20.1. The van der Waals surface area contributed by atoms with Gasteiger partial charge in [-0.3, -0.25) is 4.79 Å². The molecule has 0 saturated heterocycles. The number of hydrogen-bond acceptors (Lipinski definition) is 7. The van der Waals surface area contributed by atoms with Gasteiger partial charge in [0.1, 0.15) is 5.82 Å². The van der Waals surface area contributed by atoms with Crippen molar-refractivity contribution in [1.29, 1.82) is 0 Å². The number of hydrogen-bond donors (Lipinski definition) is 2. The van der Waals surface area contributed by atoms with Crippen LogP contribution in [-0.2, 0) is 11.3 Å². The van der Waals surface area contributed by atoms with Crippen LogP contribution in [-0.4, -0.2) is 36.0 Å². The summed E-state index contributed by atoms with van der Waals surface area (Å²) < 4.78 is 13.9. The van der Waals surface area contributed by atoms with E-state index >= 15 is 0 Å². The maximum atomic E-state index is 13.2. The number of anilines is 3. The van der Waals surface area contributed by atoms with Crippen LogP contribution in [0.15, 0.2) is 52.9 Å². The van der Waals surface area contributed by atoms with Gasteiger partial charge < -0.3 is 15.5 Å². The van der Waals surface area contributed by atoms with Crippen LogP contribution in [0.3, 0.4) is 0 Å². The predicted molar refractivity (Wildman–Crippen MR) is 113 cm³/mol. The monoisotopic (exact) mass is 417 g/mol. The number of rotatable bonds is 8. The summed E-state index contributed by atoms with van der Waals surface area (Å²) in [6.07, 6.45) is 0. The smallest absolute Gasteiger partial charge is 0.230 e. The van der Waals surface area contributed by atoms with Crippen molar-refractivity contribution in [3.8, 4) is 0 Å². The molecule has 146 valence electrons. The zero-order valence-electron chi connectivity index (χ0n) is 15.5. The minimum absolute atomic E-state index is 0.0727. The molecule has 1 aromatic heterocycles. The fourth-order valence-corrected chi connectivity index (χ4v) is 3.90. The fourth-order valence-electron chi connectivity index (χ4n) is 2.30. The lowest BCUT2D eigenvalue weighted by Gasteiger charge is -2.12. The van der Waals surface area contributed by atoms with Crippen molar-refractivity contribution in [3.63, 3.8) is 0 Å². The van der Waals surface area contributed by atoms with Crippen LogP contribution >= 0.6 is 23.1 Å². The largest absolute Gasteiger partial charge is 0.378 e. The number of carbonyl (C=O) groups is 1. The maximum absolute atomic E-state index is 13.2. The Labute approximate surface area is 171 Å². The van der Waals surface area contributed by atoms with Crippen LogP contribution in [0.4, 0.5) is 20.9 Å². The Morgan fingerprint density at radius 3 is 2.68 bits per heavy atom. The molecular formula is C19H20FN5OS2. The van der Waals surface area contributed by atoms with E-state index in [1.807, 2.05) is 43.3 Å². The molecule has 0 aliphatic rings. The first-order chi connectivity index (χ1) is 13.5. The molecule has 3 aromatic rings. The molecule has 0 atom stereocenters. The van der Waals surface area contributed by atoms with Gasteiger partial charge in [0.05, 0.1) is 5.75 Å². The van der Waals surface area contributed by atoms with Gasteiger partial charge in [-0.1, -0.05) is 41.3 Å². The molecule has 0 fully saturated rings. The van der Waals surface area contributed by atoms with Crippen molar-refractivity contribution in [1.82, 2.24) is 15.5 Å². The molecule has 0 saturated carbocycles. The van der Waals surface area contributed by atoms with E-state index in [4.69, 9.17) is 0 Å². The summed E-state index contributed by atoms with van der Waals surface area (Å²) in [4.78, 5) is 14.1. The highest BCUT2D eigenvalue weighted by molar-refractivity contribution is 8.01. The zero-order valence-corrected chi connectivity index (χ0v) is 17.1. The maximum Gasteiger partial charge on any atom is 0.230 e. The third-order valence-electron chi connectivity index (χ3n) is 3.75. The Morgan fingerprint density at radius 2 is 1.96 bits per heavy atom. The second kappa shape index (κ2) is 9.52. The quantitative estimate of drug-likeness (QED) is 0.542. The molecule has 0 radical (unpaired) electrons. The van der Waals surface area contributed by atoms with Gasteiger partial charge in [0.2, 0.25) is 11.0 Å². The van der Waals surface area contributed by atoms with Crippen LogP contribution in [0, 0.1) is 5.82 Å². The first-order valence-electron chi connectivity index (χ1n) is 8.51. The van der Waals surface area contributed by atoms with E-state index in [0.717, 1.165) is 11.3 Å². The summed E-state index contributed by atoms with van der Waals surface area (Å²) in [6.45, 7) is 0.482. The molecule has 0 unspecified atom stereocenters. The standard InChI is InChI=1S/C19H20FN5OS2/c1-25(2)16-8-6-13(7-9-16)11-21-17(26)12-27-19-24-23-18(28-19)22-15-5-3-4-14(20)10-15/h3-10H,11-12H2,1-2H3,(H,21,26)(H,22,23). The molecule has 2 N–H and O–H groups in total. The highest BCUT2D eigenvalue weighted by Gasteiger charge is 2.09. The number of nitrogens with one attached hydrogen (secondary N) is 2. The van der Waals surface area contributed by atoms with Crippen LogP contribution in [0.5, 0.6) is 0 Å². The summed E-state index contributed by atoms with van der Waals surface area (Å²) in [5.41, 5.74) is 2.76. The van der Waals surface area contributed by atoms with Crippen LogP contribution in [0.2, 0.25) is 0 Å². The molecule has 0 bridgehead atoms. The van der Waals surface area contributed by atoms with E-state index in [2.05, 4.69) is 20.8 Å². The van der Waals surface area contributed by atoms with Crippen LogP contribution < -0.4 is 15.5 Å². The van der Waals surface area contributed by atoms with Crippen LogP contribution in [0.25, 0.3) is 0 Å². The van der Waals surface area contributed by atoms with Gasteiger partial charge >= 0.3 is 0 Å². The van der Waals surface area contributed by atoms with Gasteiger partial charge in [-0.25, -0.2) is 4.39 Å². The molecule has 9 heteroatoms. The second-order valence-electron chi connectivity index (χ2n) is 6.13. The number of aromatic nitrogens is 2. The van der Waals surface area contributed by atoms with Crippen molar-refractivity contribution in [2.45, 2.75) is 10.9 Å². The Kier molecular flexibility index (Phi) is 6.83. The molecular weight excluding hydrogens is 397 g/mol. The van der Waals surface area contributed by atoms with Gasteiger partial charge in [-0.05, 0) is 35.9 Å². The van der Waals surface area contributed by atoms with Gasteiger partial charge in [0.15, 0.2) is 4.34 Å². The minimum Gasteiger partial charge on any atom is -0.378 e. The Morgan fingerprint density at radius 1 is 1.18 bits per heavy atom. The molecule has 3 rings (SSSR count). The van der Waals surface area contributed by atoms with Crippen molar-refractivity contribution in [3.05, 3.63) is 59.9 Å². The van der Waals surface area contributed by atoms with E-state index in [0.29, 0.717) is 21.7 Å². The lowest BCUT2D eigenvalue weighted by Crippen LogP contribution is -2.24. The van der Waals surface area contributed by atoms with Gasteiger partial charge in [0.25, 0.3) is 0 Å². The van der Waals surface area contributed by atoms with Crippen molar-refractivity contribution in [2.24, 2.45) is 0 Å². The van der Waals surface area contributed by atoms with E-state index in [-0.39, 0.29) is 17.5 Å². The average Bonchev–Trinajstić information content (AvgIpc) is 3.12. The molecule has 0 aliphatic carbocycles. The number of carbonyl (C=O) groups excluding carboxylic acids is 1. The summed E-state index contributed by atoms with van der Waals surface area (Å²) in [7, 11) is 3.97. The number of amides is 1. The third-order valence-corrected chi connectivity index (χ3v) is 5.72. The van der Waals surface area contributed by atoms with Gasteiger partial charge in [-0.15, -0.1) is 10.2 Å². The molecule has 1 amide bonds. The second-order valence-corrected chi connectivity index (χ2v) is 8.33. The van der Waals surface area contributed by atoms with Gasteiger partial charge in [0, 0.05) is 32.0 Å². The lowest BCUT2D eigenvalue weighted by atomic mass is 10.2. The highest BCUT2D eigenvalue weighted by Crippen LogP contribution is 2.27. The summed E-state index contributed by atoms with van der Waals surface area (Å²) in [5, 5.41) is 14.5. The average molecular weight is 418 g/mol. The normalized spacial score (nSPS) is 10.5. The molecule has 0 spiro atoms. The Bertz CT molecular complexity index is 930. The van der Waals surface area contributed by atoms with E-state index in [1.54, 1.807) is 12.1 Å². The summed E-state index contributed by atoms with van der Waals surface area (Å²) in [6, 6.07) is 14.2. The molecule has 28 heavy (non-hydrogen) atoms. The molecule has 0 aliphatic heterocycles. The number of halogens is 1. The lowest BCUT2D eigenvalue weighted by molar-refractivity contribution is -0.118. The van der Waals surface area contributed by atoms with E-state index < -0.39 is 0 Å². The number of nitrogens with zero attached hydrogens (tertiary/aromatic N) is 3. The summed E-state index contributed by atoms with van der Waals surface area (Å²) in [5.74, 6) is -0.140. The molecule has 1 heterocycles. The van der Waals surface area contributed by atoms with Crippen LogP contribution in [0.1, 0.15) is 5.56 Å². The predicted octanol–water partition coefficient (Wildman–Crippen LogP) is 3.90. The molecule has 2 aromatic carbocycles. The van der Waals surface area contributed by atoms with E-state index in [9.17, 15) is 9.18 Å². The zero-order chi connectivity index (χ0) is 19.9. The third kappa shape index (κ3) is 5.93. The fraction of sp³-hybridized carbons (Fsp3) is 0.211. The van der Waals surface area contributed by atoms with Crippen molar-refractivity contribution in [2.75, 3.05) is 30.1 Å². The van der Waals surface area contributed by atoms with Gasteiger partial charge in [-0.2, -0.15) is 0 Å². The van der Waals surface area contributed by atoms with Crippen molar-refractivity contribution < 1.29 is 9.18 Å². The van der Waals surface area contributed by atoms with E-state index in [1.165, 1.54) is 35.2 Å². The van der Waals surface area contributed by atoms with Crippen molar-refractivity contribution >= 4 is 45.5 Å². The Hall–Kier alpha value is -2.65. The SMILES string of the molecule is CN(C)c1ccc(CNC(=O)CSc2nnc(Nc3cccc(F)c3)s2)cc1. The minimum atomic E-state index is -0.322.